The quantitative estimate of drug-likeness (QED) is 0.618. The van der Waals surface area contributed by atoms with Crippen LogP contribution in [0.15, 0.2) is 49.1 Å². The molecule has 0 saturated heterocycles. The molecule has 0 unspecified atom stereocenters. The summed E-state index contributed by atoms with van der Waals surface area (Å²) in [6.07, 6.45) is 2.75. The Morgan fingerprint density at radius 3 is 2.73 bits per heavy atom. The SMILES string of the molecule is Fc1ccc2nc(-c3ccc(-n4cncn4)c(F)c3)[nH]c2c1. The summed E-state index contributed by atoms with van der Waals surface area (Å²) in [5.74, 6) is -0.324. The summed E-state index contributed by atoms with van der Waals surface area (Å²) in [6.45, 7) is 0. The fourth-order valence-corrected chi connectivity index (χ4v) is 2.29. The highest BCUT2D eigenvalue weighted by atomic mass is 19.1. The zero-order valence-electron chi connectivity index (χ0n) is 11.2. The van der Waals surface area contributed by atoms with Crippen LogP contribution in [0.4, 0.5) is 8.78 Å². The average molecular weight is 297 g/mol. The van der Waals surface area contributed by atoms with E-state index in [2.05, 4.69) is 20.1 Å². The molecule has 0 saturated carbocycles. The van der Waals surface area contributed by atoms with Crippen LogP contribution >= 0.6 is 0 Å². The maximum atomic E-state index is 14.2. The van der Waals surface area contributed by atoms with Gasteiger partial charge in [-0.05, 0) is 36.4 Å². The van der Waals surface area contributed by atoms with Crippen LogP contribution in [0, 0.1) is 11.6 Å². The average Bonchev–Trinajstić information content (AvgIpc) is 3.15. The summed E-state index contributed by atoms with van der Waals surface area (Å²) in [6, 6.07) is 8.92. The molecule has 0 fully saturated rings. The van der Waals surface area contributed by atoms with Crippen molar-refractivity contribution in [2.75, 3.05) is 0 Å². The van der Waals surface area contributed by atoms with Crippen molar-refractivity contribution in [3.63, 3.8) is 0 Å². The van der Waals surface area contributed by atoms with E-state index < -0.39 is 5.82 Å². The standard InChI is InChI=1S/C15H9F2N5/c16-10-2-3-12-13(6-10)21-15(20-12)9-1-4-14(11(17)5-9)22-8-18-7-19-22/h1-8H,(H,20,21). The molecule has 22 heavy (non-hydrogen) atoms. The van der Waals surface area contributed by atoms with E-state index in [1.54, 1.807) is 18.2 Å². The van der Waals surface area contributed by atoms with Gasteiger partial charge in [0.1, 0.15) is 35.8 Å². The first kappa shape index (κ1) is 12.6. The highest BCUT2D eigenvalue weighted by molar-refractivity contribution is 5.79. The monoisotopic (exact) mass is 297 g/mol. The lowest BCUT2D eigenvalue weighted by Crippen LogP contribution is -1.98. The van der Waals surface area contributed by atoms with Crippen molar-refractivity contribution in [2.24, 2.45) is 0 Å². The predicted molar refractivity (Wildman–Crippen MR) is 76.4 cm³/mol. The van der Waals surface area contributed by atoms with E-state index in [4.69, 9.17) is 0 Å². The lowest BCUT2D eigenvalue weighted by Gasteiger charge is -2.04. The second-order valence-corrected chi connectivity index (χ2v) is 4.75. The van der Waals surface area contributed by atoms with Crippen molar-refractivity contribution in [3.05, 3.63) is 60.7 Å². The summed E-state index contributed by atoms with van der Waals surface area (Å²) in [5, 5.41) is 3.89. The lowest BCUT2D eigenvalue weighted by molar-refractivity contribution is 0.611. The van der Waals surface area contributed by atoms with Gasteiger partial charge in [-0.25, -0.2) is 23.4 Å². The molecule has 4 rings (SSSR count). The van der Waals surface area contributed by atoms with Crippen molar-refractivity contribution in [1.82, 2.24) is 24.7 Å². The van der Waals surface area contributed by atoms with Gasteiger partial charge in [0, 0.05) is 5.56 Å². The first-order chi connectivity index (χ1) is 10.7. The Morgan fingerprint density at radius 2 is 1.95 bits per heavy atom. The van der Waals surface area contributed by atoms with Gasteiger partial charge in [-0.2, -0.15) is 5.10 Å². The minimum Gasteiger partial charge on any atom is -0.338 e. The van der Waals surface area contributed by atoms with Gasteiger partial charge in [-0.3, -0.25) is 0 Å². The molecule has 7 heteroatoms. The van der Waals surface area contributed by atoms with Crippen molar-refractivity contribution >= 4 is 11.0 Å². The van der Waals surface area contributed by atoms with E-state index in [1.165, 1.54) is 35.5 Å². The van der Waals surface area contributed by atoms with Crippen molar-refractivity contribution in [3.8, 4) is 17.1 Å². The number of aromatic amines is 1. The van der Waals surface area contributed by atoms with Crippen molar-refractivity contribution < 1.29 is 8.78 Å². The fourth-order valence-electron chi connectivity index (χ4n) is 2.29. The highest BCUT2D eigenvalue weighted by Gasteiger charge is 2.11. The molecule has 1 N–H and O–H groups in total. The minimum atomic E-state index is -0.449. The van der Waals surface area contributed by atoms with Crippen LogP contribution in [0.2, 0.25) is 0 Å². The molecule has 2 aromatic heterocycles. The van der Waals surface area contributed by atoms with E-state index in [1.807, 2.05) is 0 Å². The van der Waals surface area contributed by atoms with Crippen LogP contribution in [0.25, 0.3) is 28.1 Å². The topological polar surface area (TPSA) is 59.4 Å². The highest BCUT2D eigenvalue weighted by Crippen LogP contribution is 2.24. The summed E-state index contributed by atoms with van der Waals surface area (Å²) in [5.41, 5.74) is 2.05. The van der Waals surface area contributed by atoms with E-state index in [0.717, 1.165) is 0 Å². The maximum absolute atomic E-state index is 14.2. The largest absolute Gasteiger partial charge is 0.338 e. The van der Waals surface area contributed by atoms with Gasteiger partial charge in [0.25, 0.3) is 0 Å². The van der Waals surface area contributed by atoms with Gasteiger partial charge in [-0.15, -0.1) is 0 Å². The van der Waals surface area contributed by atoms with Crippen molar-refractivity contribution in [2.45, 2.75) is 0 Å². The number of rotatable bonds is 2. The van der Waals surface area contributed by atoms with E-state index in [-0.39, 0.29) is 5.82 Å². The number of hydrogen-bond donors (Lipinski definition) is 1. The molecule has 0 amide bonds. The fraction of sp³-hybridized carbons (Fsp3) is 0. The van der Waals surface area contributed by atoms with Gasteiger partial charge in [0.2, 0.25) is 0 Å². The van der Waals surface area contributed by atoms with Gasteiger partial charge in [0.15, 0.2) is 0 Å². The smallest absolute Gasteiger partial charge is 0.149 e. The molecule has 4 aromatic rings. The number of nitrogens with one attached hydrogen (secondary N) is 1. The Kier molecular flexibility index (Phi) is 2.72. The number of imidazole rings is 1. The molecule has 0 spiro atoms. The number of nitrogens with zero attached hydrogens (tertiary/aromatic N) is 4. The summed E-state index contributed by atoms with van der Waals surface area (Å²) < 4.78 is 28.8. The number of fused-ring (bicyclic) bond motifs is 1. The molecule has 0 radical (unpaired) electrons. The molecule has 5 nitrogen and oxygen atoms in total. The van der Waals surface area contributed by atoms with E-state index in [9.17, 15) is 8.78 Å². The second-order valence-electron chi connectivity index (χ2n) is 4.75. The van der Waals surface area contributed by atoms with Crippen LogP contribution in [-0.2, 0) is 0 Å². The molecule has 108 valence electrons. The third-order valence-electron chi connectivity index (χ3n) is 3.33. The van der Waals surface area contributed by atoms with Gasteiger partial charge < -0.3 is 4.98 Å². The van der Waals surface area contributed by atoms with Gasteiger partial charge in [0.05, 0.1) is 11.0 Å². The van der Waals surface area contributed by atoms with Gasteiger partial charge in [-0.1, -0.05) is 0 Å². The molecule has 0 aliphatic carbocycles. The Balaban J connectivity index is 1.80. The molecule has 0 aliphatic rings. The van der Waals surface area contributed by atoms with E-state index >= 15 is 0 Å². The Labute approximate surface area is 123 Å². The number of H-pyrrole nitrogens is 1. The predicted octanol–water partition coefficient (Wildman–Crippen LogP) is 3.09. The number of hydrogen-bond acceptors (Lipinski definition) is 3. The maximum Gasteiger partial charge on any atom is 0.149 e. The van der Waals surface area contributed by atoms with E-state index in [0.29, 0.717) is 28.1 Å². The lowest BCUT2D eigenvalue weighted by atomic mass is 10.2. The molecule has 0 aliphatic heterocycles. The third-order valence-corrected chi connectivity index (χ3v) is 3.33. The summed E-state index contributed by atoms with van der Waals surface area (Å²) >= 11 is 0. The molecule has 2 heterocycles. The Morgan fingerprint density at radius 1 is 1.05 bits per heavy atom. The molecule has 0 atom stereocenters. The summed E-state index contributed by atoms with van der Waals surface area (Å²) in [4.78, 5) is 11.1. The van der Waals surface area contributed by atoms with Crippen LogP contribution in [-0.4, -0.2) is 24.7 Å². The van der Waals surface area contributed by atoms with Crippen LogP contribution in [0.3, 0.4) is 0 Å². The Bertz CT molecular complexity index is 959. The van der Waals surface area contributed by atoms with Crippen LogP contribution in [0.5, 0.6) is 0 Å². The molecule has 2 aromatic carbocycles. The first-order valence-corrected chi connectivity index (χ1v) is 6.51. The minimum absolute atomic E-state index is 0.295. The zero-order chi connectivity index (χ0) is 15.1. The zero-order valence-corrected chi connectivity index (χ0v) is 11.2. The normalized spacial score (nSPS) is 11.2. The van der Waals surface area contributed by atoms with Crippen LogP contribution < -0.4 is 0 Å². The summed E-state index contributed by atoms with van der Waals surface area (Å²) in [7, 11) is 0. The van der Waals surface area contributed by atoms with Crippen LogP contribution in [0.1, 0.15) is 0 Å². The molecular weight excluding hydrogens is 288 g/mol. The first-order valence-electron chi connectivity index (χ1n) is 6.51. The molecule has 0 bridgehead atoms. The molecular formula is C15H9F2N5. The van der Waals surface area contributed by atoms with Crippen molar-refractivity contribution in [1.29, 1.82) is 0 Å². The number of halogens is 2. The third kappa shape index (κ3) is 2.03. The Hall–Kier alpha value is -3.09. The second kappa shape index (κ2) is 4.73. The van der Waals surface area contributed by atoms with Gasteiger partial charge >= 0.3 is 0 Å². The number of benzene rings is 2. The number of aromatic nitrogens is 5.